The lowest BCUT2D eigenvalue weighted by atomic mass is 9.96. The number of aliphatic hydroxyl groups is 3. The molecule has 2 fully saturated rings. The molecular weight excluding hydrogens is 364 g/mol. The molecule has 0 radical (unpaired) electrons. The fraction of sp³-hybridized carbons (Fsp3) is 0.722. The highest BCUT2D eigenvalue weighted by atomic mass is 16.6. The van der Waals surface area contributed by atoms with Crippen LogP contribution in [0.1, 0.15) is 38.3 Å². The predicted molar refractivity (Wildman–Crippen MR) is 103 cm³/mol. The normalized spacial score (nSPS) is 28.8. The highest BCUT2D eigenvalue weighted by Crippen LogP contribution is 2.33. The van der Waals surface area contributed by atoms with E-state index in [1.807, 2.05) is 19.0 Å². The Morgan fingerprint density at radius 2 is 1.93 bits per heavy atom. The van der Waals surface area contributed by atoms with E-state index in [0.29, 0.717) is 29.0 Å². The predicted octanol–water partition coefficient (Wildman–Crippen LogP) is 0.248. The molecule has 4 N–H and O–H groups in total. The molecule has 0 amide bonds. The molecule has 2 unspecified atom stereocenters. The monoisotopic (exact) mass is 392 g/mol. The van der Waals surface area contributed by atoms with Crippen LogP contribution < -0.4 is 10.2 Å². The first-order chi connectivity index (χ1) is 13.5. The van der Waals surface area contributed by atoms with Crippen molar-refractivity contribution in [3.8, 4) is 0 Å². The van der Waals surface area contributed by atoms with E-state index in [1.165, 1.54) is 25.6 Å². The SMILES string of the molecule is CN(C)c1nc(NC2CCCCC2)nc2c1ncn2[C@@H]1O[C@H](CO)C(O)C1O. The molecule has 154 valence electrons. The van der Waals surface area contributed by atoms with E-state index >= 15 is 0 Å². The van der Waals surface area contributed by atoms with Crippen molar-refractivity contribution >= 4 is 22.9 Å². The molecule has 3 heterocycles. The van der Waals surface area contributed by atoms with Crippen molar-refractivity contribution in [3.05, 3.63) is 6.33 Å². The molecule has 10 heteroatoms. The molecule has 0 spiro atoms. The average Bonchev–Trinajstić information content (AvgIpc) is 3.23. The van der Waals surface area contributed by atoms with Gasteiger partial charge in [-0.25, -0.2) is 4.98 Å². The number of anilines is 2. The van der Waals surface area contributed by atoms with E-state index in [2.05, 4.69) is 20.3 Å². The van der Waals surface area contributed by atoms with Crippen LogP contribution in [0.3, 0.4) is 0 Å². The first-order valence-electron chi connectivity index (χ1n) is 9.80. The van der Waals surface area contributed by atoms with Crippen molar-refractivity contribution in [1.29, 1.82) is 0 Å². The van der Waals surface area contributed by atoms with Crippen LogP contribution in [0, 0.1) is 0 Å². The fourth-order valence-corrected chi connectivity index (χ4v) is 4.00. The van der Waals surface area contributed by atoms with Crippen LogP contribution >= 0.6 is 0 Å². The van der Waals surface area contributed by atoms with Crippen molar-refractivity contribution in [2.75, 3.05) is 30.9 Å². The van der Waals surface area contributed by atoms with Crippen LogP contribution in [0.4, 0.5) is 11.8 Å². The molecule has 0 bridgehead atoms. The van der Waals surface area contributed by atoms with Gasteiger partial charge in [-0.05, 0) is 12.8 Å². The minimum Gasteiger partial charge on any atom is -0.394 e. The molecule has 1 aliphatic heterocycles. The van der Waals surface area contributed by atoms with E-state index in [4.69, 9.17) is 4.74 Å². The summed E-state index contributed by atoms with van der Waals surface area (Å²) in [5.41, 5.74) is 1.09. The summed E-state index contributed by atoms with van der Waals surface area (Å²) in [5.74, 6) is 1.17. The molecular formula is C18H28N6O4. The number of fused-ring (bicyclic) bond motifs is 1. The van der Waals surface area contributed by atoms with Gasteiger partial charge in [0.05, 0.1) is 12.9 Å². The zero-order valence-corrected chi connectivity index (χ0v) is 16.2. The number of nitrogens with one attached hydrogen (secondary N) is 1. The minimum atomic E-state index is -1.19. The second-order valence-corrected chi connectivity index (χ2v) is 7.80. The summed E-state index contributed by atoms with van der Waals surface area (Å²) in [6.07, 6.45) is 3.25. The number of hydrogen-bond acceptors (Lipinski definition) is 9. The third kappa shape index (κ3) is 3.41. The summed E-state index contributed by atoms with van der Waals surface area (Å²) >= 11 is 0. The molecule has 2 aromatic rings. The lowest BCUT2D eigenvalue weighted by Gasteiger charge is -2.24. The topological polar surface area (TPSA) is 129 Å². The number of aliphatic hydroxyl groups excluding tert-OH is 3. The first-order valence-corrected chi connectivity index (χ1v) is 9.80. The maximum atomic E-state index is 10.4. The van der Waals surface area contributed by atoms with Gasteiger partial charge in [0, 0.05) is 20.1 Å². The van der Waals surface area contributed by atoms with Gasteiger partial charge in [-0.1, -0.05) is 19.3 Å². The third-order valence-electron chi connectivity index (χ3n) is 5.56. The number of ether oxygens (including phenoxy) is 1. The van der Waals surface area contributed by atoms with E-state index < -0.39 is 24.5 Å². The molecule has 4 rings (SSSR count). The Labute approximate surface area is 163 Å². The van der Waals surface area contributed by atoms with Crippen LogP contribution in [-0.2, 0) is 4.74 Å². The van der Waals surface area contributed by atoms with Crippen molar-refractivity contribution in [3.63, 3.8) is 0 Å². The summed E-state index contributed by atoms with van der Waals surface area (Å²) in [6.45, 7) is -0.381. The Morgan fingerprint density at radius 1 is 1.18 bits per heavy atom. The molecule has 0 aromatic carbocycles. The van der Waals surface area contributed by atoms with E-state index in [0.717, 1.165) is 12.8 Å². The largest absolute Gasteiger partial charge is 0.394 e. The Morgan fingerprint density at radius 3 is 2.57 bits per heavy atom. The Balaban J connectivity index is 1.72. The van der Waals surface area contributed by atoms with Gasteiger partial charge in [0.25, 0.3) is 0 Å². The molecule has 1 aliphatic carbocycles. The smallest absolute Gasteiger partial charge is 0.227 e. The number of hydrogen-bond donors (Lipinski definition) is 4. The van der Waals surface area contributed by atoms with Gasteiger partial charge < -0.3 is 30.3 Å². The molecule has 4 atom stereocenters. The lowest BCUT2D eigenvalue weighted by Crippen LogP contribution is -2.33. The zero-order valence-electron chi connectivity index (χ0n) is 16.2. The van der Waals surface area contributed by atoms with Crippen molar-refractivity contribution in [2.24, 2.45) is 0 Å². The molecule has 2 aliphatic rings. The minimum absolute atomic E-state index is 0.339. The number of imidazole rings is 1. The van der Waals surface area contributed by atoms with E-state index in [9.17, 15) is 15.3 Å². The molecule has 1 saturated heterocycles. The van der Waals surface area contributed by atoms with Crippen molar-refractivity contribution in [1.82, 2.24) is 19.5 Å². The van der Waals surface area contributed by atoms with Crippen LogP contribution in [0.25, 0.3) is 11.2 Å². The molecule has 28 heavy (non-hydrogen) atoms. The number of aromatic nitrogens is 4. The standard InChI is InChI=1S/C18H28N6O4/c1-23(2)15-12-16(22-18(21-15)20-10-6-4-3-5-7-10)24(9-19-12)17-14(27)13(26)11(8-25)28-17/h9-11,13-14,17,25-27H,3-8H2,1-2H3,(H,20,21,22)/t11-,13?,14?,17-/m1/s1. The second kappa shape index (κ2) is 7.78. The van der Waals surface area contributed by atoms with Crippen molar-refractivity contribution in [2.45, 2.75) is 62.7 Å². The van der Waals surface area contributed by atoms with Gasteiger partial charge in [0.15, 0.2) is 23.2 Å². The number of nitrogens with zero attached hydrogens (tertiary/aromatic N) is 5. The van der Waals surface area contributed by atoms with Gasteiger partial charge in [0.1, 0.15) is 18.3 Å². The summed E-state index contributed by atoms with van der Waals surface area (Å²) in [6, 6.07) is 0.339. The average molecular weight is 392 g/mol. The maximum absolute atomic E-state index is 10.4. The van der Waals surface area contributed by atoms with Crippen molar-refractivity contribution < 1.29 is 20.1 Å². The lowest BCUT2D eigenvalue weighted by molar-refractivity contribution is -0.0511. The Bertz CT molecular complexity index is 822. The summed E-state index contributed by atoms with van der Waals surface area (Å²) in [7, 11) is 3.77. The van der Waals surface area contributed by atoms with Gasteiger partial charge in [-0.2, -0.15) is 9.97 Å². The van der Waals surface area contributed by atoms with Crippen LogP contribution in [0.15, 0.2) is 6.33 Å². The summed E-state index contributed by atoms with van der Waals surface area (Å²) in [4.78, 5) is 15.6. The highest BCUT2D eigenvalue weighted by Gasteiger charge is 2.44. The zero-order chi connectivity index (χ0) is 19.8. The Hall–Kier alpha value is -2.01. The summed E-state index contributed by atoms with van der Waals surface area (Å²) < 4.78 is 7.25. The van der Waals surface area contributed by atoms with Gasteiger partial charge in [-0.3, -0.25) is 4.57 Å². The van der Waals surface area contributed by atoms with Gasteiger partial charge >= 0.3 is 0 Å². The Kier molecular flexibility index (Phi) is 5.37. The van der Waals surface area contributed by atoms with Crippen LogP contribution in [-0.4, -0.2) is 79.9 Å². The quantitative estimate of drug-likeness (QED) is 0.566. The van der Waals surface area contributed by atoms with Crippen LogP contribution in [0.2, 0.25) is 0 Å². The molecule has 2 aromatic heterocycles. The molecule has 10 nitrogen and oxygen atoms in total. The van der Waals surface area contributed by atoms with Crippen LogP contribution in [0.5, 0.6) is 0 Å². The number of rotatable bonds is 5. The van der Waals surface area contributed by atoms with Gasteiger partial charge in [-0.15, -0.1) is 0 Å². The maximum Gasteiger partial charge on any atom is 0.227 e. The van der Waals surface area contributed by atoms with E-state index in [-0.39, 0.29) is 6.61 Å². The summed E-state index contributed by atoms with van der Waals surface area (Å²) in [5, 5.41) is 33.3. The third-order valence-corrected chi connectivity index (χ3v) is 5.56. The second-order valence-electron chi connectivity index (χ2n) is 7.80. The fourth-order valence-electron chi connectivity index (χ4n) is 4.00. The first kappa shape index (κ1) is 19.3. The van der Waals surface area contributed by atoms with Gasteiger partial charge in [0.2, 0.25) is 5.95 Å². The highest BCUT2D eigenvalue weighted by molar-refractivity contribution is 5.84. The van der Waals surface area contributed by atoms with E-state index in [1.54, 1.807) is 4.57 Å². The molecule has 1 saturated carbocycles.